The molecule has 0 saturated carbocycles. The van der Waals surface area contributed by atoms with Gasteiger partial charge in [-0.25, -0.2) is 15.0 Å². The maximum absolute atomic E-state index is 6.49. The first-order chi connectivity index (χ1) is 23.8. The minimum absolute atomic E-state index is 0.0288. The van der Waals surface area contributed by atoms with Gasteiger partial charge in [-0.3, -0.25) is 0 Å². The Kier molecular flexibility index (Phi) is 6.47. The molecule has 0 saturated heterocycles. The second-order valence-electron chi connectivity index (χ2n) is 14.1. The van der Waals surface area contributed by atoms with Gasteiger partial charge in [-0.15, -0.1) is 0 Å². The average molecular weight is 634 g/mol. The van der Waals surface area contributed by atoms with E-state index in [1.807, 2.05) is 60.7 Å². The maximum atomic E-state index is 6.49. The maximum Gasteiger partial charge on any atom is 0.164 e. The van der Waals surface area contributed by atoms with E-state index in [0.717, 1.165) is 49.8 Å². The number of aromatic nitrogens is 3. The molecule has 4 heteroatoms. The number of furan rings is 1. The standard InChI is InChI=1S/C45H35N3O/c1-44(2)37-18-12-11-17-33(37)34-27-40-36(26-38(34)45(44,3)4)35-25-32(23-24-39(35)49-40)28-19-21-31(22-20-28)43-47-41(29-13-7-5-8-14-29)46-42(48-43)30-15-9-6-10-16-30/h5-27H,1-4H3. The number of benzene rings is 6. The van der Waals surface area contributed by atoms with Crippen LogP contribution in [0.5, 0.6) is 0 Å². The molecule has 1 aliphatic carbocycles. The largest absolute Gasteiger partial charge is 0.456 e. The van der Waals surface area contributed by atoms with E-state index in [0.29, 0.717) is 17.5 Å². The van der Waals surface area contributed by atoms with Gasteiger partial charge in [-0.05, 0) is 68.5 Å². The molecule has 6 aromatic carbocycles. The van der Waals surface area contributed by atoms with Crippen LogP contribution in [0.2, 0.25) is 0 Å². The van der Waals surface area contributed by atoms with E-state index in [1.165, 1.54) is 22.3 Å². The molecule has 1 aliphatic rings. The van der Waals surface area contributed by atoms with E-state index in [9.17, 15) is 0 Å². The summed E-state index contributed by atoms with van der Waals surface area (Å²) in [5.74, 6) is 1.96. The fourth-order valence-electron chi connectivity index (χ4n) is 7.43. The van der Waals surface area contributed by atoms with E-state index in [4.69, 9.17) is 19.4 Å². The van der Waals surface area contributed by atoms with E-state index in [1.54, 1.807) is 0 Å². The first-order valence-electron chi connectivity index (χ1n) is 16.9. The van der Waals surface area contributed by atoms with Crippen LogP contribution < -0.4 is 0 Å². The highest BCUT2D eigenvalue weighted by Crippen LogP contribution is 2.55. The summed E-state index contributed by atoms with van der Waals surface area (Å²) in [6.45, 7) is 9.49. The van der Waals surface area contributed by atoms with Crippen molar-refractivity contribution in [2.75, 3.05) is 0 Å². The molecule has 0 aliphatic heterocycles. The highest BCUT2D eigenvalue weighted by Gasteiger charge is 2.46. The van der Waals surface area contributed by atoms with E-state index < -0.39 is 0 Å². The topological polar surface area (TPSA) is 51.8 Å². The summed E-state index contributed by atoms with van der Waals surface area (Å²) in [6.07, 6.45) is 0. The Labute approximate surface area is 286 Å². The number of nitrogens with zero attached hydrogens (tertiary/aromatic N) is 3. The molecule has 2 aromatic heterocycles. The van der Waals surface area contributed by atoms with Crippen LogP contribution in [0.1, 0.15) is 38.8 Å². The van der Waals surface area contributed by atoms with Gasteiger partial charge in [-0.2, -0.15) is 0 Å². The zero-order chi connectivity index (χ0) is 33.3. The zero-order valence-corrected chi connectivity index (χ0v) is 28.0. The van der Waals surface area contributed by atoms with Crippen LogP contribution in [0.25, 0.3) is 78.4 Å². The lowest BCUT2D eigenvalue weighted by Gasteiger charge is -2.48. The van der Waals surface area contributed by atoms with E-state index >= 15 is 0 Å². The van der Waals surface area contributed by atoms with Gasteiger partial charge in [0, 0.05) is 27.5 Å². The van der Waals surface area contributed by atoms with Crippen molar-refractivity contribution in [1.29, 1.82) is 0 Å². The molecule has 0 spiro atoms. The first-order valence-corrected chi connectivity index (χ1v) is 16.9. The van der Waals surface area contributed by atoms with Gasteiger partial charge in [0.1, 0.15) is 11.2 Å². The SMILES string of the molecule is CC1(C)c2ccccc2-c2cc3oc4ccc(-c5ccc(-c6nc(-c7ccccc7)nc(-c7ccccc7)n6)cc5)cc4c3cc2C1(C)C. The summed E-state index contributed by atoms with van der Waals surface area (Å²) in [6, 6.07) is 48.6. The molecule has 0 atom stereocenters. The van der Waals surface area contributed by atoms with Crippen molar-refractivity contribution in [3.8, 4) is 56.4 Å². The summed E-state index contributed by atoms with van der Waals surface area (Å²) >= 11 is 0. The van der Waals surface area contributed by atoms with Crippen LogP contribution in [0.4, 0.5) is 0 Å². The number of hydrogen-bond donors (Lipinski definition) is 0. The molecule has 0 radical (unpaired) electrons. The molecule has 2 heterocycles. The van der Waals surface area contributed by atoms with Crippen LogP contribution in [0, 0.1) is 0 Å². The van der Waals surface area contributed by atoms with E-state index in [2.05, 4.69) is 107 Å². The monoisotopic (exact) mass is 633 g/mol. The predicted octanol–water partition coefficient (Wildman–Crippen LogP) is 11.7. The van der Waals surface area contributed by atoms with Gasteiger partial charge >= 0.3 is 0 Å². The van der Waals surface area contributed by atoms with Crippen LogP contribution in [0.15, 0.2) is 144 Å². The van der Waals surface area contributed by atoms with Crippen molar-refractivity contribution in [1.82, 2.24) is 15.0 Å². The summed E-state index contributed by atoms with van der Waals surface area (Å²) in [4.78, 5) is 14.6. The van der Waals surface area contributed by atoms with Crippen LogP contribution in [-0.4, -0.2) is 15.0 Å². The van der Waals surface area contributed by atoms with Crippen molar-refractivity contribution in [3.63, 3.8) is 0 Å². The Balaban J connectivity index is 1.12. The minimum Gasteiger partial charge on any atom is -0.456 e. The quantitative estimate of drug-likeness (QED) is 0.193. The second-order valence-corrected chi connectivity index (χ2v) is 14.1. The molecule has 0 N–H and O–H groups in total. The van der Waals surface area contributed by atoms with Crippen molar-refractivity contribution in [3.05, 3.63) is 151 Å². The minimum atomic E-state index is -0.0717. The molecule has 4 nitrogen and oxygen atoms in total. The molecule has 0 bridgehead atoms. The number of fused-ring (bicyclic) bond motifs is 6. The Morgan fingerprint density at radius 3 is 1.51 bits per heavy atom. The fraction of sp³-hybridized carbons (Fsp3) is 0.133. The summed E-state index contributed by atoms with van der Waals surface area (Å²) in [5.41, 5.74) is 12.1. The molecule has 9 rings (SSSR count). The molecule has 8 aromatic rings. The molecule has 0 unspecified atom stereocenters. The fourth-order valence-corrected chi connectivity index (χ4v) is 7.43. The lowest BCUT2D eigenvalue weighted by molar-refractivity contribution is 0.299. The predicted molar refractivity (Wildman–Crippen MR) is 200 cm³/mol. The number of rotatable bonds is 4. The first kappa shape index (κ1) is 29.3. The van der Waals surface area contributed by atoms with E-state index in [-0.39, 0.29) is 10.8 Å². The number of hydrogen-bond acceptors (Lipinski definition) is 4. The molecule has 236 valence electrons. The smallest absolute Gasteiger partial charge is 0.164 e. The second kappa shape index (κ2) is 10.8. The molecule has 49 heavy (non-hydrogen) atoms. The van der Waals surface area contributed by atoms with Crippen molar-refractivity contribution in [2.24, 2.45) is 0 Å². The highest BCUT2D eigenvalue weighted by molar-refractivity contribution is 6.08. The third-order valence-corrected chi connectivity index (χ3v) is 10.9. The van der Waals surface area contributed by atoms with Crippen molar-refractivity contribution in [2.45, 2.75) is 38.5 Å². The Hall–Kier alpha value is -5.87. The van der Waals surface area contributed by atoms with Crippen molar-refractivity contribution >= 4 is 21.9 Å². The zero-order valence-electron chi connectivity index (χ0n) is 28.0. The van der Waals surface area contributed by atoms with Gasteiger partial charge in [-0.1, -0.05) is 143 Å². The normalized spacial score (nSPS) is 14.4. The van der Waals surface area contributed by atoms with Crippen molar-refractivity contribution < 1.29 is 4.42 Å². The van der Waals surface area contributed by atoms with Gasteiger partial charge < -0.3 is 4.42 Å². The summed E-state index contributed by atoms with van der Waals surface area (Å²) < 4.78 is 6.49. The van der Waals surface area contributed by atoms with Crippen LogP contribution in [0.3, 0.4) is 0 Å². The lowest BCUT2D eigenvalue weighted by atomic mass is 9.55. The summed E-state index contributed by atoms with van der Waals surface area (Å²) in [7, 11) is 0. The Morgan fingerprint density at radius 1 is 0.388 bits per heavy atom. The highest BCUT2D eigenvalue weighted by atomic mass is 16.3. The van der Waals surface area contributed by atoms with Gasteiger partial charge in [0.2, 0.25) is 0 Å². The third-order valence-electron chi connectivity index (χ3n) is 10.9. The Morgan fingerprint density at radius 2 is 0.878 bits per heavy atom. The molecule has 0 fully saturated rings. The molecular formula is C45H35N3O. The van der Waals surface area contributed by atoms with Gasteiger partial charge in [0.05, 0.1) is 0 Å². The molecule has 0 amide bonds. The molecular weight excluding hydrogens is 599 g/mol. The lowest BCUT2D eigenvalue weighted by Crippen LogP contribution is -2.43. The third kappa shape index (κ3) is 4.62. The average Bonchev–Trinajstić information content (AvgIpc) is 3.51. The van der Waals surface area contributed by atoms with Gasteiger partial charge in [0.25, 0.3) is 0 Å². The summed E-state index contributed by atoms with van der Waals surface area (Å²) in [5, 5.41) is 2.28. The van der Waals surface area contributed by atoms with Crippen LogP contribution in [-0.2, 0) is 10.8 Å². The van der Waals surface area contributed by atoms with Crippen LogP contribution >= 0.6 is 0 Å². The van der Waals surface area contributed by atoms with Gasteiger partial charge in [0.15, 0.2) is 17.5 Å². The Bertz CT molecular complexity index is 2470.